The first kappa shape index (κ1) is 24.2. The lowest BCUT2D eigenvalue weighted by Gasteiger charge is -2.15. The van der Waals surface area contributed by atoms with E-state index in [4.69, 9.17) is 0 Å². The number of aromatic carboxylic acids is 1. The van der Waals surface area contributed by atoms with Gasteiger partial charge >= 0.3 is 5.97 Å². The molecule has 194 valence electrons. The fourth-order valence-electron chi connectivity index (χ4n) is 5.39. The molecule has 1 aliphatic heterocycles. The van der Waals surface area contributed by atoms with Crippen LogP contribution in [-0.4, -0.2) is 56.3 Å². The minimum absolute atomic E-state index is 0.142. The number of carboxylic acid groups (broad SMARTS) is 1. The number of nitrogens with one attached hydrogen (secondary N) is 1. The highest BCUT2D eigenvalue weighted by Crippen LogP contribution is 2.26. The zero-order chi connectivity index (χ0) is 26.2. The van der Waals surface area contributed by atoms with Gasteiger partial charge in [-0.3, -0.25) is 4.79 Å². The normalized spacial score (nSPS) is 17.1. The average molecular weight is 514 g/mol. The molecule has 2 aromatic carbocycles. The van der Waals surface area contributed by atoms with Crippen molar-refractivity contribution >= 4 is 28.6 Å². The van der Waals surface area contributed by atoms with Gasteiger partial charge in [-0.15, -0.1) is 0 Å². The van der Waals surface area contributed by atoms with E-state index in [-0.39, 0.29) is 10.9 Å². The van der Waals surface area contributed by atoms with Crippen LogP contribution in [0.4, 0.5) is 16.0 Å². The molecule has 2 N–H and O–H groups in total. The molecule has 0 saturated carbocycles. The number of fused-ring (bicyclic) bond motifs is 2. The third-order valence-electron chi connectivity index (χ3n) is 7.48. The van der Waals surface area contributed by atoms with Crippen LogP contribution >= 0.6 is 0 Å². The van der Waals surface area contributed by atoms with Crippen LogP contribution in [0.3, 0.4) is 0 Å². The molecule has 1 aliphatic carbocycles. The van der Waals surface area contributed by atoms with Gasteiger partial charge in [-0.05, 0) is 73.1 Å². The van der Waals surface area contributed by atoms with Gasteiger partial charge in [0.15, 0.2) is 5.65 Å². The molecule has 3 heterocycles. The van der Waals surface area contributed by atoms with Crippen LogP contribution in [0.2, 0.25) is 0 Å². The lowest BCUT2D eigenvalue weighted by atomic mass is 10.1. The van der Waals surface area contributed by atoms with Crippen LogP contribution in [0.5, 0.6) is 0 Å². The highest BCUT2D eigenvalue weighted by molar-refractivity contribution is 5.92. The molecule has 0 spiro atoms. The maximum absolute atomic E-state index is 13.4. The van der Waals surface area contributed by atoms with Crippen molar-refractivity contribution in [3.63, 3.8) is 0 Å². The van der Waals surface area contributed by atoms with E-state index in [0.29, 0.717) is 24.6 Å². The fourth-order valence-corrected chi connectivity index (χ4v) is 5.39. The molecule has 9 heteroatoms. The van der Waals surface area contributed by atoms with Gasteiger partial charge in [0.05, 0.1) is 5.39 Å². The van der Waals surface area contributed by atoms with Gasteiger partial charge in [0.1, 0.15) is 11.7 Å². The average Bonchev–Trinajstić information content (AvgIpc) is 3.56. The summed E-state index contributed by atoms with van der Waals surface area (Å²) in [4.78, 5) is 35.8. The summed E-state index contributed by atoms with van der Waals surface area (Å²) >= 11 is 0. The first-order valence-corrected chi connectivity index (χ1v) is 12.9. The second-order valence-electron chi connectivity index (χ2n) is 10.0. The first-order valence-electron chi connectivity index (χ1n) is 12.9. The Kier molecular flexibility index (Phi) is 6.37. The van der Waals surface area contributed by atoms with Crippen molar-refractivity contribution in [3.05, 3.63) is 87.3 Å². The number of carbonyl (C=O) groups is 1. The summed E-state index contributed by atoms with van der Waals surface area (Å²) in [5, 5.41) is 13.0. The van der Waals surface area contributed by atoms with Crippen molar-refractivity contribution in [2.75, 3.05) is 25.0 Å². The van der Waals surface area contributed by atoms with Gasteiger partial charge in [-0.1, -0.05) is 18.2 Å². The van der Waals surface area contributed by atoms with Crippen LogP contribution in [0.25, 0.3) is 16.7 Å². The molecule has 2 aliphatic rings. The highest BCUT2D eigenvalue weighted by atomic mass is 19.1. The topological polar surface area (TPSA) is 100 Å². The smallest absolute Gasteiger partial charge is 0.341 e. The van der Waals surface area contributed by atoms with E-state index in [1.807, 2.05) is 36.4 Å². The summed E-state index contributed by atoms with van der Waals surface area (Å²) < 4.78 is 15.1. The number of likely N-dealkylation sites (tertiary alicyclic amines) is 1. The molecular formula is C29H28FN5O3. The molecule has 1 saturated heterocycles. The predicted octanol–water partition coefficient (Wildman–Crippen LogP) is 4.30. The minimum atomic E-state index is -1.29. The number of rotatable bonds is 7. The number of benzene rings is 2. The van der Waals surface area contributed by atoms with E-state index in [0.717, 1.165) is 55.7 Å². The third kappa shape index (κ3) is 4.77. The molecule has 0 unspecified atom stereocenters. The number of halogens is 1. The second kappa shape index (κ2) is 9.98. The Morgan fingerprint density at radius 1 is 1.13 bits per heavy atom. The molecule has 1 atom stereocenters. The standard InChI is InChI=1S/C29H28FN5O3/c30-21-11-13-34(16-21)12-10-18-4-7-22(8-5-18)32-29-31-15-24-26(36)25(28(37)38)17-35(27(24)33-29)23-9-6-19-2-1-3-20(19)14-23/h4-9,14-15,17,21H,1-3,10-13,16H2,(H,37,38)(H,31,32,33)/t21-/m0/s1. The molecule has 0 amide bonds. The number of hydrogen-bond acceptors (Lipinski definition) is 6. The van der Waals surface area contributed by atoms with Crippen molar-refractivity contribution in [3.8, 4) is 5.69 Å². The lowest BCUT2D eigenvalue weighted by molar-refractivity contribution is 0.0695. The predicted molar refractivity (Wildman–Crippen MR) is 144 cm³/mol. The molecule has 0 bridgehead atoms. The maximum Gasteiger partial charge on any atom is 0.341 e. The molecule has 0 radical (unpaired) electrons. The summed E-state index contributed by atoms with van der Waals surface area (Å²) in [6.45, 7) is 2.16. The number of aromatic nitrogens is 3. The minimum Gasteiger partial charge on any atom is -0.477 e. The monoisotopic (exact) mass is 513 g/mol. The van der Waals surface area contributed by atoms with Gasteiger partial charge in [0, 0.05) is 43.4 Å². The molecule has 8 nitrogen and oxygen atoms in total. The van der Waals surface area contributed by atoms with E-state index in [9.17, 15) is 19.1 Å². The first-order chi connectivity index (χ1) is 18.4. The molecule has 6 rings (SSSR count). The van der Waals surface area contributed by atoms with Crippen molar-refractivity contribution in [2.45, 2.75) is 38.3 Å². The van der Waals surface area contributed by atoms with Crippen molar-refractivity contribution < 1.29 is 14.3 Å². The Morgan fingerprint density at radius 2 is 1.95 bits per heavy atom. The summed E-state index contributed by atoms with van der Waals surface area (Å²) in [5.74, 6) is -0.989. The number of alkyl halides is 1. The number of aryl methyl sites for hydroxylation is 2. The summed E-state index contributed by atoms with van der Waals surface area (Å²) in [7, 11) is 0. The lowest BCUT2D eigenvalue weighted by Crippen LogP contribution is -2.23. The Bertz CT molecular complexity index is 1580. The van der Waals surface area contributed by atoms with E-state index >= 15 is 0 Å². The van der Waals surface area contributed by atoms with E-state index in [2.05, 4.69) is 26.3 Å². The van der Waals surface area contributed by atoms with Crippen LogP contribution in [0.15, 0.2) is 59.7 Å². The largest absolute Gasteiger partial charge is 0.477 e. The molecule has 38 heavy (non-hydrogen) atoms. The summed E-state index contributed by atoms with van der Waals surface area (Å²) in [6.07, 6.45) is 6.58. The van der Waals surface area contributed by atoms with Crippen LogP contribution < -0.4 is 10.7 Å². The third-order valence-corrected chi connectivity index (χ3v) is 7.48. The van der Waals surface area contributed by atoms with Crippen molar-refractivity contribution in [1.29, 1.82) is 0 Å². The fraction of sp³-hybridized carbons (Fsp3) is 0.310. The van der Waals surface area contributed by atoms with Crippen molar-refractivity contribution in [2.24, 2.45) is 0 Å². The number of anilines is 2. The zero-order valence-corrected chi connectivity index (χ0v) is 20.9. The molecule has 2 aromatic heterocycles. The van der Waals surface area contributed by atoms with Gasteiger partial charge < -0.3 is 19.9 Å². The van der Waals surface area contributed by atoms with Gasteiger partial charge in [-0.2, -0.15) is 4.98 Å². The summed E-state index contributed by atoms with van der Waals surface area (Å²) in [6, 6.07) is 13.9. The van der Waals surface area contributed by atoms with E-state index in [1.165, 1.54) is 23.5 Å². The molecule has 4 aromatic rings. The summed E-state index contributed by atoms with van der Waals surface area (Å²) in [5.41, 5.74) is 4.62. The van der Waals surface area contributed by atoms with Gasteiger partial charge in [0.25, 0.3) is 0 Å². The van der Waals surface area contributed by atoms with Crippen LogP contribution in [0, 0.1) is 0 Å². The van der Waals surface area contributed by atoms with Gasteiger partial charge in [0.2, 0.25) is 11.4 Å². The number of nitrogens with zero attached hydrogens (tertiary/aromatic N) is 4. The number of hydrogen-bond donors (Lipinski definition) is 2. The van der Waals surface area contributed by atoms with E-state index in [1.54, 1.807) is 4.57 Å². The Morgan fingerprint density at radius 3 is 2.71 bits per heavy atom. The number of carboxylic acids is 1. The zero-order valence-electron chi connectivity index (χ0n) is 20.9. The SMILES string of the molecule is O=C(O)c1cn(-c2ccc3c(c2)CCC3)c2nc(Nc3ccc(CCN4CC[C@H](F)C4)cc3)ncc2c1=O. The van der Waals surface area contributed by atoms with Crippen LogP contribution in [0.1, 0.15) is 39.9 Å². The Hall–Kier alpha value is -4.11. The Labute approximate surface area is 218 Å². The highest BCUT2D eigenvalue weighted by Gasteiger charge is 2.21. The van der Waals surface area contributed by atoms with Crippen LogP contribution in [-0.2, 0) is 19.3 Å². The molecular weight excluding hydrogens is 485 g/mol. The number of pyridine rings is 1. The maximum atomic E-state index is 13.4. The Balaban J connectivity index is 1.29. The second-order valence-corrected chi connectivity index (χ2v) is 10.0. The quantitative estimate of drug-likeness (QED) is 0.380. The molecule has 1 fully saturated rings. The van der Waals surface area contributed by atoms with Crippen molar-refractivity contribution in [1.82, 2.24) is 19.4 Å². The van der Waals surface area contributed by atoms with E-state index < -0.39 is 17.6 Å². The van der Waals surface area contributed by atoms with Gasteiger partial charge in [-0.25, -0.2) is 14.2 Å².